The van der Waals surface area contributed by atoms with Crippen LogP contribution in [0.5, 0.6) is 0 Å². The number of carbonyl (C=O) groups is 1. The first-order valence-corrected chi connectivity index (χ1v) is 8.14. The standard InChI is InChI=1S/C15H19N3O3S/c1-20-15(4-6-16-7-5-15)14(19)17-9-11-10-22-13(18-11)12-3-2-8-21-12/h2-3,8,10,16H,4-7,9H2,1H3,(H,17,19). The summed E-state index contributed by atoms with van der Waals surface area (Å²) in [4.78, 5) is 16.9. The van der Waals surface area contributed by atoms with Gasteiger partial charge in [-0.3, -0.25) is 4.79 Å². The fourth-order valence-corrected chi connectivity index (χ4v) is 3.37. The molecule has 1 aliphatic heterocycles. The molecule has 2 aromatic rings. The summed E-state index contributed by atoms with van der Waals surface area (Å²) in [7, 11) is 1.60. The molecule has 1 saturated heterocycles. The summed E-state index contributed by atoms with van der Waals surface area (Å²) >= 11 is 1.50. The lowest BCUT2D eigenvalue weighted by Gasteiger charge is -2.34. The molecule has 0 spiro atoms. The fraction of sp³-hybridized carbons (Fsp3) is 0.467. The maximum absolute atomic E-state index is 12.5. The predicted molar refractivity (Wildman–Crippen MR) is 83.5 cm³/mol. The van der Waals surface area contributed by atoms with Gasteiger partial charge in [0, 0.05) is 12.5 Å². The van der Waals surface area contributed by atoms with Crippen LogP contribution in [-0.2, 0) is 16.1 Å². The Morgan fingerprint density at radius 3 is 3.05 bits per heavy atom. The van der Waals surface area contributed by atoms with Gasteiger partial charge in [0.2, 0.25) is 0 Å². The molecule has 0 atom stereocenters. The van der Waals surface area contributed by atoms with Gasteiger partial charge in [0.15, 0.2) is 10.8 Å². The van der Waals surface area contributed by atoms with E-state index in [1.54, 1.807) is 13.4 Å². The smallest absolute Gasteiger partial charge is 0.252 e. The summed E-state index contributed by atoms with van der Waals surface area (Å²) in [6.45, 7) is 1.98. The highest BCUT2D eigenvalue weighted by Crippen LogP contribution is 2.25. The van der Waals surface area contributed by atoms with E-state index in [0.29, 0.717) is 19.4 Å². The molecule has 1 amide bonds. The number of furan rings is 1. The molecular formula is C15H19N3O3S. The van der Waals surface area contributed by atoms with Crippen molar-refractivity contribution in [2.45, 2.75) is 25.0 Å². The Kier molecular flexibility index (Phi) is 4.56. The summed E-state index contributed by atoms with van der Waals surface area (Å²) < 4.78 is 10.8. The number of piperidine rings is 1. The molecule has 0 saturated carbocycles. The van der Waals surface area contributed by atoms with Crippen LogP contribution < -0.4 is 10.6 Å². The minimum Gasteiger partial charge on any atom is -0.462 e. The highest BCUT2D eigenvalue weighted by molar-refractivity contribution is 7.13. The average molecular weight is 321 g/mol. The second-order valence-electron chi connectivity index (χ2n) is 5.25. The SMILES string of the molecule is COC1(C(=O)NCc2csc(-c3ccco3)n2)CCNCC1. The highest BCUT2D eigenvalue weighted by atomic mass is 32.1. The number of thiazole rings is 1. The number of aromatic nitrogens is 1. The molecule has 0 bridgehead atoms. The van der Waals surface area contributed by atoms with Crippen LogP contribution in [0.4, 0.5) is 0 Å². The minimum atomic E-state index is -0.717. The lowest BCUT2D eigenvalue weighted by atomic mass is 9.91. The van der Waals surface area contributed by atoms with Gasteiger partial charge in [-0.2, -0.15) is 0 Å². The van der Waals surface area contributed by atoms with E-state index in [1.807, 2.05) is 17.5 Å². The first kappa shape index (κ1) is 15.2. The van der Waals surface area contributed by atoms with Crippen LogP contribution in [0.3, 0.4) is 0 Å². The Hall–Kier alpha value is -1.70. The molecule has 118 valence electrons. The Labute approximate surface area is 132 Å². The molecule has 0 aromatic carbocycles. The van der Waals surface area contributed by atoms with Gasteiger partial charge >= 0.3 is 0 Å². The van der Waals surface area contributed by atoms with Crippen LogP contribution in [0.15, 0.2) is 28.2 Å². The fourth-order valence-electron chi connectivity index (χ4n) is 2.59. The van der Waals surface area contributed by atoms with E-state index in [1.165, 1.54) is 11.3 Å². The van der Waals surface area contributed by atoms with E-state index in [4.69, 9.17) is 9.15 Å². The maximum atomic E-state index is 12.5. The van der Waals surface area contributed by atoms with E-state index < -0.39 is 5.60 Å². The van der Waals surface area contributed by atoms with Crippen LogP contribution in [0, 0.1) is 0 Å². The summed E-state index contributed by atoms with van der Waals surface area (Å²) in [6.07, 6.45) is 2.99. The van der Waals surface area contributed by atoms with Crippen molar-refractivity contribution in [3.63, 3.8) is 0 Å². The molecule has 3 heterocycles. The van der Waals surface area contributed by atoms with Crippen molar-refractivity contribution in [1.29, 1.82) is 0 Å². The van der Waals surface area contributed by atoms with Gasteiger partial charge in [0.1, 0.15) is 5.60 Å². The van der Waals surface area contributed by atoms with E-state index in [-0.39, 0.29) is 5.91 Å². The number of carbonyl (C=O) groups excluding carboxylic acids is 1. The number of methoxy groups -OCH3 is 1. The Bertz CT molecular complexity index is 618. The van der Waals surface area contributed by atoms with Gasteiger partial charge in [-0.05, 0) is 38.1 Å². The van der Waals surface area contributed by atoms with Crippen LogP contribution in [-0.4, -0.2) is 36.7 Å². The Morgan fingerprint density at radius 2 is 2.36 bits per heavy atom. The average Bonchev–Trinajstić information content (AvgIpc) is 3.24. The predicted octanol–water partition coefficient (Wildman–Crippen LogP) is 1.79. The van der Waals surface area contributed by atoms with E-state index in [2.05, 4.69) is 15.6 Å². The normalized spacial score (nSPS) is 17.3. The molecular weight excluding hydrogens is 302 g/mol. The summed E-state index contributed by atoms with van der Waals surface area (Å²) in [5.41, 5.74) is 0.107. The number of hydrogen-bond donors (Lipinski definition) is 2. The van der Waals surface area contributed by atoms with Gasteiger partial charge in [-0.25, -0.2) is 4.98 Å². The molecule has 6 nitrogen and oxygen atoms in total. The largest absolute Gasteiger partial charge is 0.462 e. The van der Waals surface area contributed by atoms with Crippen molar-refractivity contribution in [3.05, 3.63) is 29.5 Å². The van der Waals surface area contributed by atoms with Crippen molar-refractivity contribution < 1.29 is 13.9 Å². The lowest BCUT2D eigenvalue weighted by Crippen LogP contribution is -2.53. The van der Waals surface area contributed by atoms with E-state index in [0.717, 1.165) is 29.6 Å². The molecule has 2 N–H and O–H groups in total. The Balaban J connectivity index is 1.61. The minimum absolute atomic E-state index is 0.0657. The third kappa shape index (κ3) is 3.06. The number of rotatable bonds is 5. The quantitative estimate of drug-likeness (QED) is 0.878. The van der Waals surface area contributed by atoms with Crippen molar-refractivity contribution in [2.24, 2.45) is 0 Å². The molecule has 7 heteroatoms. The van der Waals surface area contributed by atoms with Crippen LogP contribution in [0.25, 0.3) is 10.8 Å². The van der Waals surface area contributed by atoms with E-state index >= 15 is 0 Å². The third-order valence-electron chi connectivity index (χ3n) is 3.93. The second kappa shape index (κ2) is 6.60. The number of nitrogens with zero attached hydrogens (tertiary/aromatic N) is 1. The zero-order chi connectivity index (χ0) is 15.4. The molecule has 22 heavy (non-hydrogen) atoms. The summed E-state index contributed by atoms with van der Waals surface area (Å²) in [5, 5.41) is 8.93. The summed E-state index contributed by atoms with van der Waals surface area (Å²) in [6, 6.07) is 3.70. The third-order valence-corrected chi connectivity index (χ3v) is 4.84. The first-order valence-electron chi connectivity index (χ1n) is 7.26. The number of nitrogens with one attached hydrogen (secondary N) is 2. The van der Waals surface area contributed by atoms with Gasteiger partial charge in [-0.15, -0.1) is 11.3 Å². The zero-order valence-electron chi connectivity index (χ0n) is 12.4. The molecule has 2 aromatic heterocycles. The topological polar surface area (TPSA) is 76.4 Å². The van der Waals surface area contributed by atoms with Crippen LogP contribution in [0.2, 0.25) is 0 Å². The number of hydrogen-bond acceptors (Lipinski definition) is 6. The van der Waals surface area contributed by atoms with Crippen LogP contribution >= 0.6 is 11.3 Å². The number of amides is 1. The van der Waals surface area contributed by atoms with Gasteiger partial charge in [0.05, 0.1) is 18.5 Å². The maximum Gasteiger partial charge on any atom is 0.252 e. The summed E-state index contributed by atoms with van der Waals surface area (Å²) in [5.74, 6) is 0.679. The van der Waals surface area contributed by atoms with Crippen LogP contribution in [0.1, 0.15) is 18.5 Å². The first-order chi connectivity index (χ1) is 10.7. The van der Waals surface area contributed by atoms with Crippen molar-refractivity contribution in [3.8, 4) is 10.8 Å². The van der Waals surface area contributed by atoms with Gasteiger partial charge < -0.3 is 19.8 Å². The molecule has 0 aliphatic carbocycles. The monoisotopic (exact) mass is 321 g/mol. The van der Waals surface area contributed by atoms with Gasteiger partial charge in [0.25, 0.3) is 5.91 Å². The molecule has 1 aliphatic rings. The Morgan fingerprint density at radius 1 is 1.55 bits per heavy atom. The van der Waals surface area contributed by atoms with Gasteiger partial charge in [-0.1, -0.05) is 0 Å². The molecule has 0 unspecified atom stereocenters. The number of ether oxygens (including phenoxy) is 1. The molecule has 3 rings (SSSR count). The van der Waals surface area contributed by atoms with E-state index in [9.17, 15) is 4.79 Å². The van der Waals surface area contributed by atoms with Crippen molar-refractivity contribution >= 4 is 17.2 Å². The lowest BCUT2D eigenvalue weighted by molar-refractivity contribution is -0.146. The molecule has 1 fully saturated rings. The molecule has 0 radical (unpaired) electrons. The highest BCUT2D eigenvalue weighted by Gasteiger charge is 2.39. The zero-order valence-corrected chi connectivity index (χ0v) is 13.2. The van der Waals surface area contributed by atoms with Crippen molar-refractivity contribution in [2.75, 3.05) is 20.2 Å². The van der Waals surface area contributed by atoms with Crippen molar-refractivity contribution in [1.82, 2.24) is 15.6 Å². The second-order valence-corrected chi connectivity index (χ2v) is 6.11.